The number of hydrogen-bond donors (Lipinski definition) is 2. The number of aliphatic hydroxyl groups excluding tert-OH is 1. The topological polar surface area (TPSA) is 137 Å². The zero-order chi connectivity index (χ0) is 37.9. The highest BCUT2D eigenvalue weighted by Crippen LogP contribution is 2.44. The van der Waals surface area contributed by atoms with Gasteiger partial charge in [0.15, 0.2) is 12.1 Å². The van der Waals surface area contributed by atoms with Crippen molar-refractivity contribution < 1.29 is 38.1 Å². The number of amides is 1. The first-order valence-corrected chi connectivity index (χ1v) is 18.9. The Bertz CT molecular complexity index is 2270. The number of esters is 2. The summed E-state index contributed by atoms with van der Waals surface area (Å²) in [5.74, 6) is -0.653. The molecule has 2 aliphatic rings. The lowest BCUT2D eigenvalue weighted by atomic mass is 9.91. The molecule has 0 radical (unpaired) electrons. The highest BCUT2D eigenvalue weighted by atomic mass is 32.2. The third-order valence-electron chi connectivity index (χ3n) is 9.80. The zero-order valence-corrected chi connectivity index (χ0v) is 30.5. The second-order valence-corrected chi connectivity index (χ2v) is 14.4. The molecule has 0 bridgehead atoms. The molecule has 276 valence electrons. The molecule has 1 fully saturated rings. The number of carbonyl (C=O) groups is 3. The minimum atomic E-state index is -0.760. The van der Waals surface area contributed by atoms with E-state index in [1.165, 1.54) is 30.0 Å². The summed E-state index contributed by atoms with van der Waals surface area (Å²) in [6.07, 6.45) is -1.25. The molecular formula is C44H36N2O8S. The number of thioether (sulfide) groups is 1. The number of fused-ring (bicyclic) bond motifs is 1. The summed E-state index contributed by atoms with van der Waals surface area (Å²) in [5.41, 5.74) is 6.61. The van der Waals surface area contributed by atoms with Crippen molar-refractivity contribution in [3.63, 3.8) is 0 Å². The molecule has 1 unspecified atom stereocenters. The number of benzene rings is 5. The fraction of sp³-hybridized carbons (Fsp3) is 0.182. The van der Waals surface area contributed by atoms with Gasteiger partial charge in [-0.1, -0.05) is 128 Å². The van der Waals surface area contributed by atoms with Crippen LogP contribution in [0, 0.1) is 5.92 Å². The number of hydrogen-bond acceptors (Lipinski definition) is 10. The number of aliphatic hydroxyl groups is 1. The van der Waals surface area contributed by atoms with Crippen molar-refractivity contribution in [3.8, 4) is 22.6 Å². The largest absolute Gasteiger partial charge is 0.431 e. The van der Waals surface area contributed by atoms with Crippen LogP contribution in [0.3, 0.4) is 0 Å². The van der Waals surface area contributed by atoms with E-state index in [1.54, 1.807) is 0 Å². The Balaban J connectivity index is 0.995. The fourth-order valence-electron chi connectivity index (χ4n) is 6.71. The van der Waals surface area contributed by atoms with Gasteiger partial charge in [-0.3, -0.25) is 4.79 Å². The summed E-state index contributed by atoms with van der Waals surface area (Å²) >= 11 is 1.50. The SMILES string of the molecule is C[C@H]1[C@@H](CSc2nc(-c3ccccc3)c(-c3ccccc3)o2)OC(c2ccc(CNC(=O)c3ccc4c(c3)C(=O)OC4=O)cc2)O[C@H]1c1ccc(CO)cc1. The molecule has 0 aliphatic carbocycles. The van der Waals surface area contributed by atoms with Crippen LogP contribution in [0.15, 0.2) is 137 Å². The van der Waals surface area contributed by atoms with Crippen LogP contribution >= 0.6 is 11.8 Å². The fourth-order valence-corrected chi connectivity index (χ4v) is 7.69. The third-order valence-corrected chi connectivity index (χ3v) is 10.7. The number of cyclic esters (lactones) is 2. The molecule has 55 heavy (non-hydrogen) atoms. The van der Waals surface area contributed by atoms with E-state index in [9.17, 15) is 19.5 Å². The van der Waals surface area contributed by atoms with Gasteiger partial charge in [0.05, 0.1) is 29.9 Å². The van der Waals surface area contributed by atoms with Crippen molar-refractivity contribution in [2.45, 2.75) is 43.8 Å². The molecule has 0 saturated carbocycles. The molecular weight excluding hydrogens is 717 g/mol. The molecule has 8 rings (SSSR count). The predicted molar refractivity (Wildman–Crippen MR) is 205 cm³/mol. The van der Waals surface area contributed by atoms with Crippen molar-refractivity contribution in [3.05, 3.63) is 166 Å². The lowest BCUT2D eigenvalue weighted by molar-refractivity contribution is -0.268. The first-order valence-electron chi connectivity index (χ1n) is 17.9. The van der Waals surface area contributed by atoms with Crippen molar-refractivity contribution >= 4 is 29.6 Å². The normalized spacial score (nSPS) is 19.2. The summed E-state index contributed by atoms with van der Waals surface area (Å²) in [6.45, 7) is 2.29. The quantitative estimate of drug-likeness (QED) is 0.0755. The zero-order valence-electron chi connectivity index (χ0n) is 29.7. The van der Waals surface area contributed by atoms with Crippen molar-refractivity contribution in [2.24, 2.45) is 5.92 Å². The maximum absolute atomic E-state index is 12.9. The minimum absolute atomic E-state index is 0.0467. The van der Waals surface area contributed by atoms with Gasteiger partial charge in [0.1, 0.15) is 5.69 Å². The number of nitrogens with zero attached hydrogens (tertiary/aromatic N) is 1. The summed E-state index contributed by atoms with van der Waals surface area (Å²) in [5, 5.41) is 13.1. The molecule has 0 spiro atoms. The number of rotatable bonds is 11. The molecule has 1 aromatic heterocycles. The van der Waals surface area contributed by atoms with Crippen LogP contribution < -0.4 is 5.32 Å². The number of aromatic nitrogens is 1. The van der Waals surface area contributed by atoms with Crippen LogP contribution in [-0.4, -0.2) is 39.8 Å². The summed E-state index contributed by atoms with van der Waals surface area (Å²) in [6, 6.07) is 39.6. The van der Waals surface area contributed by atoms with Gasteiger partial charge in [-0.2, -0.15) is 0 Å². The number of oxazole rings is 1. The van der Waals surface area contributed by atoms with E-state index in [4.69, 9.17) is 18.9 Å². The average Bonchev–Trinajstić information content (AvgIpc) is 3.79. The second-order valence-electron chi connectivity index (χ2n) is 13.4. The summed E-state index contributed by atoms with van der Waals surface area (Å²) < 4.78 is 24.4. The first kappa shape index (κ1) is 36.1. The van der Waals surface area contributed by atoms with Gasteiger partial charge >= 0.3 is 11.9 Å². The van der Waals surface area contributed by atoms with E-state index >= 15 is 0 Å². The maximum Gasteiger partial charge on any atom is 0.346 e. The predicted octanol–water partition coefficient (Wildman–Crippen LogP) is 8.33. The lowest BCUT2D eigenvalue weighted by Crippen LogP contribution is -2.38. The van der Waals surface area contributed by atoms with E-state index in [0.717, 1.165) is 39.1 Å². The van der Waals surface area contributed by atoms with Crippen LogP contribution in [-0.2, 0) is 27.4 Å². The highest BCUT2D eigenvalue weighted by molar-refractivity contribution is 7.99. The van der Waals surface area contributed by atoms with Gasteiger partial charge in [-0.25, -0.2) is 14.6 Å². The molecule has 4 atom stereocenters. The number of ether oxygens (including phenoxy) is 3. The van der Waals surface area contributed by atoms with Crippen LogP contribution in [0.4, 0.5) is 0 Å². The van der Waals surface area contributed by atoms with Crippen molar-refractivity contribution in [1.82, 2.24) is 10.3 Å². The molecule has 11 heteroatoms. The Morgan fingerprint density at radius 1 is 0.764 bits per heavy atom. The van der Waals surface area contributed by atoms with Crippen LogP contribution in [0.25, 0.3) is 22.6 Å². The van der Waals surface area contributed by atoms with Gasteiger partial charge < -0.3 is 29.1 Å². The molecule has 3 heterocycles. The van der Waals surface area contributed by atoms with Crippen LogP contribution in [0.1, 0.15) is 72.6 Å². The lowest BCUT2D eigenvalue weighted by Gasteiger charge is -2.41. The van der Waals surface area contributed by atoms with Gasteiger partial charge in [0, 0.05) is 40.5 Å². The second kappa shape index (κ2) is 15.9. The molecule has 2 N–H and O–H groups in total. The first-order chi connectivity index (χ1) is 26.8. The smallest absolute Gasteiger partial charge is 0.346 e. The Morgan fingerprint density at radius 2 is 1.42 bits per heavy atom. The summed E-state index contributed by atoms with van der Waals surface area (Å²) in [7, 11) is 0. The van der Waals surface area contributed by atoms with E-state index in [1.807, 2.05) is 109 Å². The molecule has 1 saturated heterocycles. The Kier molecular flexibility index (Phi) is 10.4. The maximum atomic E-state index is 12.9. The average molecular weight is 753 g/mol. The standard InChI is InChI=1S/C44H36N2O8S/c1-26-36(25-55-44-46-37(29-8-4-2-5-9-29)39(53-44)30-10-6-3-7-11-30)51-43(52-38(26)31-16-14-28(24-47)15-17-31)32-18-12-27(13-19-32)23-45-40(48)33-20-21-34-35(22-33)42(50)54-41(34)49/h2-22,26,36,38,43,47H,23-25H2,1H3,(H,45,48)/t26-,36+,38+,43?/m0/s1. The number of nitrogens with one attached hydrogen (secondary N) is 1. The summed E-state index contributed by atoms with van der Waals surface area (Å²) in [4.78, 5) is 41.6. The van der Waals surface area contributed by atoms with Gasteiger partial charge in [0.25, 0.3) is 11.1 Å². The monoisotopic (exact) mass is 752 g/mol. The molecule has 10 nitrogen and oxygen atoms in total. The molecule has 6 aromatic rings. The Labute approximate surface area is 321 Å². The van der Waals surface area contributed by atoms with Crippen LogP contribution in [0.5, 0.6) is 0 Å². The highest BCUT2D eigenvalue weighted by Gasteiger charge is 2.39. The van der Waals surface area contributed by atoms with E-state index in [2.05, 4.69) is 17.0 Å². The van der Waals surface area contributed by atoms with Crippen molar-refractivity contribution in [1.29, 1.82) is 0 Å². The molecule has 2 aliphatic heterocycles. The molecule has 5 aromatic carbocycles. The van der Waals surface area contributed by atoms with E-state index in [0.29, 0.717) is 16.7 Å². The van der Waals surface area contributed by atoms with Crippen molar-refractivity contribution in [2.75, 3.05) is 5.75 Å². The minimum Gasteiger partial charge on any atom is -0.431 e. The number of carbonyl (C=O) groups excluding carboxylic acids is 3. The Hall–Kier alpha value is -5.85. The Morgan fingerprint density at radius 3 is 2.13 bits per heavy atom. The third kappa shape index (κ3) is 7.73. The van der Waals surface area contributed by atoms with Gasteiger partial charge in [-0.15, -0.1) is 0 Å². The van der Waals surface area contributed by atoms with E-state index in [-0.39, 0.29) is 53.9 Å². The van der Waals surface area contributed by atoms with Crippen LogP contribution in [0.2, 0.25) is 0 Å². The molecule has 1 amide bonds. The van der Waals surface area contributed by atoms with Gasteiger partial charge in [0.2, 0.25) is 0 Å². The van der Waals surface area contributed by atoms with Gasteiger partial charge in [-0.05, 0) is 34.9 Å². The van der Waals surface area contributed by atoms with E-state index < -0.39 is 18.2 Å².